The van der Waals surface area contributed by atoms with Crippen LogP contribution in [0, 0.1) is 17.8 Å². The van der Waals surface area contributed by atoms with Gasteiger partial charge in [0.1, 0.15) is 6.61 Å². The molecule has 1 amide bonds. The molecule has 1 heterocycles. The molecule has 8 heteroatoms. The molecule has 3 rings (SSSR count). The van der Waals surface area contributed by atoms with Crippen molar-refractivity contribution in [2.45, 2.75) is 25.7 Å². The molecule has 160 valence electrons. The highest BCUT2D eigenvalue weighted by atomic mass is 19.1. The molecular formula is C22H25FN2O5. The zero-order valence-electron chi connectivity index (χ0n) is 16.6. The maximum Gasteiger partial charge on any atom is 0.419 e. The van der Waals surface area contributed by atoms with Crippen molar-refractivity contribution in [1.82, 2.24) is 4.98 Å². The van der Waals surface area contributed by atoms with Crippen LogP contribution in [-0.2, 0) is 14.3 Å². The molecular weight excluding hydrogens is 391 g/mol. The third-order valence-corrected chi connectivity index (χ3v) is 5.15. The average Bonchev–Trinajstić information content (AvgIpc) is 2.75. The van der Waals surface area contributed by atoms with Gasteiger partial charge in [-0.2, -0.15) is 4.39 Å². The van der Waals surface area contributed by atoms with Crippen LogP contribution in [0.1, 0.15) is 25.7 Å². The van der Waals surface area contributed by atoms with Crippen molar-refractivity contribution in [2.75, 3.05) is 24.7 Å². The second kappa shape index (κ2) is 10.7. The Bertz CT molecular complexity index is 823. The number of para-hydroxylation sites is 1. The molecule has 0 saturated heterocycles. The lowest BCUT2D eigenvalue weighted by atomic mass is 9.83. The van der Waals surface area contributed by atoms with Crippen LogP contribution in [0.2, 0.25) is 0 Å². The molecule has 0 unspecified atom stereocenters. The van der Waals surface area contributed by atoms with Gasteiger partial charge in [-0.25, -0.2) is 19.5 Å². The normalized spacial score (nSPS) is 18.6. The first kappa shape index (κ1) is 21.7. The Hall–Kier alpha value is -3.00. The quantitative estimate of drug-likeness (QED) is 0.642. The number of carbonyl (C=O) groups is 2. The zero-order chi connectivity index (χ0) is 21.3. The minimum Gasteiger partial charge on any atom is -0.480 e. The highest BCUT2D eigenvalue weighted by molar-refractivity contribution is 5.95. The lowest BCUT2D eigenvalue weighted by Crippen LogP contribution is -2.30. The molecule has 0 atom stereocenters. The van der Waals surface area contributed by atoms with Gasteiger partial charge in [0.05, 0.1) is 30.8 Å². The van der Waals surface area contributed by atoms with Crippen LogP contribution in [0.5, 0.6) is 0 Å². The van der Waals surface area contributed by atoms with Crippen LogP contribution < -0.4 is 4.90 Å². The van der Waals surface area contributed by atoms with Gasteiger partial charge in [-0.1, -0.05) is 18.2 Å². The van der Waals surface area contributed by atoms with Crippen molar-refractivity contribution < 1.29 is 28.6 Å². The number of carboxylic acids is 1. The molecule has 1 saturated carbocycles. The van der Waals surface area contributed by atoms with Gasteiger partial charge in [-0.3, -0.25) is 0 Å². The first-order valence-electron chi connectivity index (χ1n) is 9.96. The predicted octanol–water partition coefficient (Wildman–Crippen LogP) is 4.40. The van der Waals surface area contributed by atoms with Crippen molar-refractivity contribution in [2.24, 2.45) is 11.8 Å². The fourth-order valence-corrected chi connectivity index (χ4v) is 3.57. The first-order chi connectivity index (χ1) is 14.5. The van der Waals surface area contributed by atoms with E-state index in [1.54, 1.807) is 24.3 Å². The van der Waals surface area contributed by atoms with Gasteiger partial charge in [0.25, 0.3) is 0 Å². The summed E-state index contributed by atoms with van der Waals surface area (Å²) in [7, 11) is 0. The molecule has 1 aromatic carbocycles. The number of nitrogens with zero attached hydrogens (tertiary/aromatic N) is 2. The minimum atomic E-state index is -0.963. The Labute approximate surface area is 174 Å². The molecule has 7 nitrogen and oxygen atoms in total. The van der Waals surface area contributed by atoms with Gasteiger partial charge in [-0.05, 0) is 61.8 Å². The van der Waals surface area contributed by atoms with E-state index in [0.29, 0.717) is 30.5 Å². The molecule has 0 radical (unpaired) electrons. The van der Waals surface area contributed by atoms with Crippen LogP contribution in [0.15, 0.2) is 48.7 Å². The Balaban J connectivity index is 1.54. The number of hydrogen-bond acceptors (Lipinski definition) is 5. The summed E-state index contributed by atoms with van der Waals surface area (Å²) in [6, 6.07) is 11.7. The Morgan fingerprint density at radius 3 is 2.27 bits per heavy atom. The van der Waals surface area contributed by atoms with Crippen molar-refractivity contribution in [1.29, 1.82) is 0 Å². The van der Waals surface area contributed by atoms with Crippen LogP contribution in [-0.4, -0.2) is 42.0 Å². The second-order valence-electron chi connectivity index (χ2n) is 7.38. The van der Waals surface area contributed by atoms with Crippen LogP contribution in [0.3, 0.4) is 0 Å². The molecule has 0 aliphatic heterocycles. The summed E-state index contributed by atoms with van der Waals surface area (Å²) in [6.07, 6.45) is 4.35. The summed E-state index contributed by atoms with van der Waals surface area (Å²) in [6.45, 7) is 0.461. The number of pyridine rings is 1. The van der Waals surface area contributed by atoms with E-state index in [1.165, 1.54) is 23.2 Å². The maximum atomic E-state index is 13.2. The number of amides is 1. The highest BCUT2D eigenvalue weighted by Gasteiger charge is 2.25. The summed E-state index contributed by atoms with van der Waals surface area (Å²) in [5.74, 6) is -1.00. The highest BCUT2D eigenvalue weighted by Crippen LogP contribution is 2.30. The van der Waals surface area contributed by atoms with E-state index < -0.39 is 18.0 Å². The lowest BCUT2D eigenvalue weighted by Gasteiger charge is -2.29. The predicted molar refractivity (Wildman–Crippen MR) is 108 cm³/mol. The van der Waals surface area contributed by atoms with Crippen molar-refractivity contribution in [3.05, 3.63) is 54.6 Å². The van der Waals surface area contributed by atoms with Gasteiger partial charge in [0.2, 0.25) is 5.95 Å². The number of hydrogen-bond donors (Lipinski definition) is 1. The topological polar surface area (TPSA) is 89.0 Å². The van der Waals surface area contributed by atoms with E-state index in [2.05, 4.69) is 4.98 Å². The molecule has 1 fully saturated rings. The molecule has 2 aromatic rings. The van der Waals surface area contributed by atoms with E-state index in [9.17, 15) is 14.0 Å². The molecule has 1 aliphatic carbocycles. The van der Waals surface area contributed by atoms with Crippen molar-refractivity contribution in [3.63, 3.8) is 0 Å². The summed E-state index contributed by atoms with van der Waals surface area (Å²) in [4.78, 5) is 28.4. The maximum absolute atomic E-state index is 13.2. The van der Waals surface area contributed by atoms with E-state index in [4.69, 9.17) is 14.6 Å². The number of aromatic nitrogens is 1. The number of aliphatic carboxylic acids is 1. The van der Waals surface area contributed by atoms with Crippen molar-refractivity contribution >= 4 is 23.4 Å². The Morgan fingerprint density at radius 1 is 1.00 bits per heavy atom. The SMILES string of the molecule is O=C(O)COC[C@H]1CC[C@H](COC(=O)N(c2ccccc2)c2ccc(F)nc2)CC1. The van der Waals surface area contributed by atoms with E-state index in [0.717, 1.165) is 25.7 Å². The van der Waals surface area contributed by atoms with Gasteiger partial charge in [0.15, 0.2) is 0 Å². The summed E-state index contributed by atoms with van der Waals surface area (Å²) in [5.41, 5.74) is 1.03. The Kier molecular flexibility index (Phi) is 7.73. The standard InChI is InChI=1S/C22H25FN2O5/c23-20-11-10-19(12-24-20)25(18-4-2-1-3-5-18)22(28)30-14-17-8-6-16(7-9-17)13-29-15-21(26)27/h1-5,10-12,16-17H,6-9,13-15H2,(H,26,27)/t16-,17-. The first-order valence-corrected chi connectivity index (χ1v) is 9.96. The smallest absolute Gasteiger partial charge is 0.419 e. The monoisotopic (exact) mass is 416 g/mol. The van der Waals surface area contributed by atoms with Crippen LogP contribution in [0.4, 0.5) is 20.6 Å². The fraction of sp³-hybridized carbons (Fsp3) is 0.409. The van der Waals surface area contributed by atoms with Gasteiger partial charge >= 0.3 is 12.1 Å². The summed E-state index contributed by atoms with van der Waals surface area (Å²) in [5, 5.41) is 8.63. The van der Waals surface area contributed by atoms with Crippen molar-refractivity contribution in [3.8, 4) is 0 Å². The largest absolute Gasteiger partial charge is 0.480 e. The number of carboxylic acid groups (broad SMARTS) is 1. The number of benzene rings is 1. The fourth-order valence-electron chi connectivity index (χ4n) is 3.57. The minimum absolute atomic E-state index is 0.244. The van der Waals surface area contributed by atoms with E-state index >= 15 is 0 Å². The molecule has 0 bridgehead atoms. The third-order valence-electron chi connectivity index (χ3n) is 5.15. The number of anilines is 2. The second-order valence-corrected chi connectivity index (χ2v) is 7.38. The number of halogens is 1. The number of rotatable bonds is 8. The van der Waals surface area contributed by atoms with Gasteiger partial charge in [-0.15, -0.1) is 0 Å². The number of carbonyl (C=O) groups excluding carboxylic acids is 1. The molecule has 0 spiro atoms. The molecule has 30 heavy (non-hydrogen) atoms. The van der Waals surface area contributed by atoms with E-state index in [1.807, 2.05) is 6.07 Å². The van der Waals surface area contributed by atoms with Crippen LogP contribution in [0.25, 0.3) is 0 Å². The number of ether oxygens (including phenoxy) is 2. The van der Waals surface area contributed by atoms with Gasteiger partial charge < -0.3 is 14.6 Å². The summed E-state index contributed by atoms with van der Waals surface area (Å²) < 4.78 is 24.0. The van der Waals surface area contributed by atoms with E-state index in [-0.39, 0.29) is 12.5 Å². The Morgan fingerprint density at radius 2 is 1.67 bits per heavy atom. The third kappa shape index (κ3) is 6.25. The summed E-state index contributed by atoms with van der Waals surface area (Å²) >= 11 is 0. The average molecular weight is 416 g/mol. The van der Waals surface area contributed by atoms with Gasteiger partial charge in [0, 0.05) is 0 Å². The molecule has 1 N–H and O–H groups in total. The molecule has 1 aromatic heterocycles. The zero-order valence-corrected chi connectivity index (χ0v) is 16.6. The lowest BCUT2D eigenvalue weighted by molar-refractivity contribution is -0.142. The molecule has 1 aliphatic rings. The van der Waals surface area contributed by atoms with Crippen LogP contribution >= 0.6 is 0 Å².